The Balaban J connectivity index is 1.42. The molecule has 1 amide bonds. The molecule has 4 aromatic rings. The lowest BCUT2D eigenvalue weighted by atomic mass is 10.2. The first kappa shape index (κ1) is 29.6. The van der Waals surface area contributed by atoms with Gasteiger partial charge in [-0.1, -0.05) is 41.4 Å². The van der Waals surface area contributed by atoms with Crippen molar-refractivity contribution in [1.29, 1.82) is 0 Å². The SMILES string of the molecule is CCOc1ccc(N(CC(=O)N/N=C\c2ccc(OCc3cccc(Cl)c3)cc2)S(=O)(=O)c2ccc(C)cc2)cc1. The maximum absolute atomic E-state index is 13.5. The minimum Gasteiger partial charge on any atom is -0.494 e. The highest BCUT2D eigenvalue weighted by Gasteiger charge is 2.27. The number of nitrogens with zero attached hydrogens (tertiary/aromatic N) is 2. The topological polar surface area (TPSA) is 97.3 Å². The molecule has 0 saturated carbocycles. The van der Waals surface area contributed by atoms with Crippen LogP contribution >= 0.6 is 11.6 Å². The van der Waals surface area contributed by atoms with E-state index in [9.17, 15) is 13.2 Å². The zero-order chi connectivity index (χ0) is 29.2. The summed E-state index contributed by atoms with van der Waals surface area (Å²) in [6.07, 6.45) is 1.47. The molecule has 1 N–H and O–H groups in total. The number of hydrazone groups is 1. The Morgan fingerprint density at radius 3 is 2.24 bits per heavy atom. The van der Waals surface area contributed by atoms with Crippen LogP contribution in [-0.2, 0) is 21.4 Å². The molecule has 0 saturated heterocycles. The predicted octanol–water partition coefficient (Wildman–Crippen LogP) is 5.97. The molecule has 4 rings (SSSR count). The van der Waals surface area contributed by atoms with Crippen LogP contribution in [-0.4, -0.2) is 33.7 Å². The summed E-state index contributed by atoms with van der Waals surface area (Å²) in [5.74, 6) is 0.657. The summed E-state index contributed by atoms with van der Waals surface area (Å²) in [5, 5.41) is 4.65. The van der Waals surface area contributed by atoms with Crippen LogP contribution in [0.2, 0.25) is 5.02 Å². The number of amides is 1. The van der Waals surface area contributed by atoms with Gasteiger partial charge in [0, 0.05) is 5.02 Å². The average Bonchev–Trinajstić information content (AvgIpc) is 2.96. The first-order chi connectivity index (χ1) is 19.7. The summed E-state index contributed by atoms with van der Waals surface area (Å²) in [5.41, 5.74) is 5.33. The minimum absolute atomic E-state index is 0.0750. The van der Waals surface area contributed by atoms with E-state index in [-0.39, 0.29) is 4.90 Å². The fourth-order valence-corrected chi connectivity index (χ4v) is 5.45. The summed E-state index contributed by atoms with van der Waals surface area (Å²) < 4.78 is 39.4. The smallest absolute Gasteiger partial charge is 0.264 e. The van der Waals surface area contributed by atoms with E-state index in [0.717, 1.165) is 21.0 Å². The Morgan fingerprint density at radius 2 is 1.59 bits per heavy atom. The molecule has 0 aliphatic carbocycles. The van der Waals surface area contributed by atoms with E-state index >= 15 is 0 Å². The summed E-state index contributed by atoms with van der Waals surface area (Å²) >= 11 is 6.01. The van der Waals surface area contributed by atoms with Gasteiger partial charge in [0.05, 0.1) is 23.4 Å². The quantitative estimate of drug-likeness (QED) is 0.162. The first-order valence-electron chi connectivity index (χ1n) is 12.9. The molecule has 0 atom stereocenters. The van der Waals surface area contributed by atoms with Crippen molar-refractivity contribution in [2.24, 2.45) is 5.10 Å². The van der Waals surface area contributed by atoms with Crippen LogP contribution in [0.15, 0.2) is 107 Å². The molecule has 0 aromatic heterocycles. The zero-order valence-electron chi connectivity index (χ0n) is 22.7. The summed E-state index contributed by atoms with van der Waals surface area (Å²) in [6, 6.07) is 27.6. The lowest BCUT2D eigenvalue weighted by Gasteiger charge is -2.24. The maximum Gasteiger partial charge on any atom is 0.264 e. The van der Waals surface area contributed by atoms with E-state index < -0.39 is 22.5 Å². The van der Waals surface area contributed by atoms with Gasteiger partial charge in [-0.15, -0.1) is 0 Å². The number of hydrogen-bond donors (Lipinski definition) is 1. The van der Waals surface area contributed by atoms with Crippen LogP contribution in [0, 0.1) is 6.92 Å². The van der Waals surface area contributed by atoms with Gasteiger partial charge in [0.1, 0.15) is 24.7 Å². The van der Waals surface area contributed by atoms with Crippen molar-refractivity contribution in [3.8, 4) is 11.5 Å². The third-order valence-corrected chi connectivity index (χ3v) is 7.93. The van der Waals surface area contributed by atoms with Gasteiger partial charge in [0.25, 0.3) is 15.9 Å². The molecule has 0 fully saturated rings. The van der Waals surface area contributed by atoms with E-state index in [1.807, 2.05) is 32.0 Å². The van der Waals surface area contributed by atoms with Crippen LogP contribution < -0.4 is 19.2 Å². The van der Waals surface area contributed by atoms with Gasteiger partial charge < -0.3 is 9.47 Å². The molecule has 0 spiro atoms. The molecule has 0 aliphatic rings. The fourth-order valence-electron chi connectivity index (χ4n) is 3.82. The number of aryl methyl sites for hydroxylation is 1. The number of nitrogens with one attached hydrogen (secondary N) is 1. The number of hydrogen-bond acceptors (Lipinski definition) is 6. The van der Waals surface area contributed by atoms with Gasteiger partial charge in [-0.3, -0.25) is 9.10 Å². The average molecular weight is 592 g/mol. The molecule has 0 heterocycles. The first-order valence-corrected chi connectivity index (χ1v) is 14.7. The molecule has 41 heavy (non-hydrogen) atoms. The Labute approximate surface area is 245 Å². The van der Waals surface area contributed by atoms with Crippen molar-refractivity contribution >= 4 is 39.4 Å². The zero-order valence-corrected chi connectivity index (χ0v) is 24.2. The van der Waals surface area contributed by atoms with Crippen molar-refractivity contribution in [2.75, 3.05) is 17.5 Å². The number of halogens is 1. The molecule has 0 bridgehead atoms. The van der Waals surface area contributed by atoms with Crippen molar-refractivity contribution < 1.29 is 22.7 Å². The largest absolute Gasteiger partial charge is 0.494 e. The van der Waals surface area contributed by atoms with E-state index in [4.69, 9.17) is 21.1 Å². The highest BCUT2D eigenvalue weighted by Crippen LogP contribution is 2.26. The molecular formula is C31H30ClN3O5S. The molecule has 4 aromatic carbocycles. The van der Waals surface area contributed by atoms with Crippen LogP contribution in [0.1, 0.15) is 23.6 Å². The monoisotopic (exact) mass is 591 g/mol. The number of sulfonamides is 1. The second-order valence-electron chi connectivity index (χ2n) is 9.03. The molecule has 10 heteroatoms. The molecule has 0 radical (unpaired) electrons. The van der Waals surface area contributed by atoms with Gasteiger partial charge in [-0.2, -0.15) is 5.10 Å². The Kier molecular flexibility index (Phi) is 10.00. The predicted molar refractivity (Wildman–Crippen MR) is 161 cm³/mol. The van der Waals surface area contributed by atoms with Crippen LogP contribution in [0.3, 0.4) is 0 Å². The summed E-state index contributed by atoms with van der Waals surface area (Å²) in [6.45, 7) is 4.10. The van der Waals surface area contributed by atoms with Crippen LogP contribution in [0.4, 0.5) is 5.69 Å². The van der Waals surface area contributed by atoms with E-state index in [2.05, 4.69) is 10.5 Å². The second-order valence-corrected chi connectivity index (χ2v) is 11.3. The Bertz CT molecular complexity index is 1590. The molecule has 212 valence electrons. The van der Waals surface area contributed by atoms with Gasteiger partial charge >= 0.3 is 0 Å². The summed E-state index contributed by atoms with van der Waals surface area (Å²) in [7, 11) is -4.04. The van der Waals surface area contributed by atoms with Crippen LogP contribution in [0.25, 0.3) is 0 Å². The third-order valence-electron chi connectivity index (χ3n) is 5.91. The van der Waals surface area contributed by atoms with Gasteiger partial charge in [-0.05, 0) is 97.8 Å². The van der Waals surface area contributed by atoms with E-state index in [1.165, 1.54) is 18.3 Å². The van der Waals surface area contributed by atoms with Crippen molar-refractivity contribution in [3.63, 3.8) is 0 Å². The number of carbonyl (C=O) groups excluding carboxylic acids is 1. The fraction of sp³-hybridized carbons (Fsp3) is 0.161. The summed E-state index contributed by atoms with van der Waals surface area (Å²) in [4.78, 5) is 12.9. The van der Waals surface area contributed by atoms with Crippen LogP contribution in [0.5, 0.6) is 11.5 Å². The van der Waals surface area contributed by atoms with Crippen molar-refractivity contribution in [3.05, 3.63) is 119 Å². The Morgan fingerprint density at radius 1 is 0.927 bits per heavy atom. The standard InChI is InChI=1S/C31H30ClN3O5S/c1-3-39-28-15-11-27(12-16-28)35(41(37,38)30-17-7-23(2)8-18-30)21-31(36)34-33-20-24-9-13-29(14-10-24)40-22-25-5-4-6-26(32)19-25/h4-20H,3,21-22H2,1-2H3,(H,34,36)/b33-20-. The van der Waals surface area contributed by atoms with E-state index in [1.54, 1.807) is 66.7 Å². The minimum atomic E-state index is -4.04. The molecule has 0 aliphatic heterocycles. The number of benzene rings is 4. The lowest BCUT2D eigenvalue weighted by Crippen LogP contribution is -2.39. The van der Waals surface area contributed by atoms with Crippen molar-refractivity contribution in [2.45, 2.75) is 25.3 Å². The maximum atomic E-state index is 13.5. The van der Waals surface area contributed by atoms with Crippen molar-refractivity contribution in [1.82, 2.24) is 5.43 Å². The van der Waals surface area contributed by atoms with Gasteiger partial charge in [0.2, 0.25) is 0 Å². The highest BCUT2D eigenvalue weighted by atomic mass is 35.5. The number of anilines is 1. The highest BCUT2D eigenvalue weighted by molar-refractivity contribution is 7.92. The Hall–Kier alpha value is -4.34. The second kappa shape index (κ2) is 13.8. The molecule has 0 unspecified atom stereocenters. The van der Waals surface area contributed by atoms with Gasteiger partial charge in [-0.25, -0.2) is 13.8 Å². The number of ether oxygens (including phenoxy) is 2. The lowest BCUT2D eigenvalue weighted by molar-refractivity contribution is -0.119. The normalized spacial score (nSPS) is 11.3. The van der Waals surface area contributed by atoms with E-state index in [0.29, 0.717) is 35.4 Å². The van der Waals surface area contributed by atoms with Gasteiger partial charge in [0.15, 0.2) is 0 Å². The number of rotatable bonds is 12. The molecule has 8 nitrogen and oxygen atoms in total. The molecular weight excluding hydrogens is 562 g/mol. The number of carbonyl (C=O) groups is 1. The third kappa shape index (κ3) is 8.33.